The Hall–Kier alpha value is -1.64. The van der Waals surface area contributed by atoms with Gasteiger partial charge in [-0.25, -0.2) is 0 Å². The first-order chi connectivity index (χ1) is 7.75. The fourth-order valence-electron chi connectivity index (χ4n) is 0.903. The lowest BCUT2D eigenvalue weighted by molar-refractivity contribution is -0.187. The standard InChI is InChI=1S/C8H11F3N4O2/c1-7(12,8(9,10)11)6(16)13-3-2-5-14-4-17-15-5/h4H,2-3,12H2,1H3,(H,13,16). The predicted octanol–water partition coefficient (Wildman–Crippen LogP) is 0.00800. The molecule has 1 aromatic heterocycles. The van der Waals surface area contributed by atoms with Crippen LogP contribution in [0.15, 0.2) is 10.9 Å². The van der Waals surface area contributed by atoms with Crippen LogP contribution in [0, 0.1) is 0 Å². The van der Waals surface area contributed by atoms with Crippen LogP contribution in [0.2, 0.25) is 0 Å². The smallest absolute Gasteiger partial charge is 0.354 e. The van der Waals surface area contributed by atoms with Crippen molar-refractivity contribution in [3.05, 3.63) is 12.2 Å². The zero-order valence-corrected chi connectivity index (χ0v) is 8.91. The molecule has 96 valence electrons. The second-order valence-corrected chi connectivity index (χ2v) is 3.55. The van der Waals surface area contributed by atoms with Gasteiger partial charge >= 0.3 is 6.18 Å². The van der Waals surface area contributed by atoms with Gasteiger partial charge in [-0.05, 0) is 6.92 Å². The van der Waals surface area contributed by atoms with E-state index in [4.69, 9.17) is 5.73 Å². The second kappa shape index (κ2) is 4.70. The van der Waals surface area contributed by atoms with Crippen molar-refractivity contribution in [2.75, 3.05) is 6.54 Å². The summed E-state index contributed by atoms with van der Waals surface area (Å²) in [5, 5.41) is 5.50. The molecule has 0 fully saturated rings. The fourth-order valence-corrected chi connectivity index (χ4v) is 0.903. The van der Waals surface area contributed by atoms with Gasteiger partial charge in [0.15, 0.2) is 11.4 Å². The number of nitrogens with two attached hydrogens (primary N) is 1. The SMILES string of the molecule is CC(N)(C(=O)NCCc1ncon1)C(F)(F)F. The Kier molecular flexibility index (Phi) is 3.71. The van der Waals surface area contributed by atoms with E-state index in [0.29, 0.717) is 6.92 Å². The van der Waals surface area contributed by atoms with Crippen LogP contribution in [0.3, 0.4) is 0 Å². The first-order valence-electron chi connectivity index (χ1n) is 4.64. The number of aromatic nitrogens is 2. The Balaban J connectivity index is 2.45. The lowest BCUT2D eigenvalue weighted by Gasteiger charge is -2.25. The number of nitrogens with zero attached hydrogens (tertiary/aromatic N) is 2. The minimum atomic E-state index is -4.80. The van der Waals surface area contributed by atoms with Crippen molar-refractivity contribution in [3.8, 4) is 0 Å². The van der Waals surface area contributed by atoms with Crippen LogP contribution < -0.4 is 11.1 Å². The summed E-state index contributed by atoms with van der Waals surface area (Å²) in [6.45, 7) is 0.553. The summed E-state index contributed by atoms with van der Waals surface area (Å²) in [6.07, 6.45) is -3.56. The zero-order chi connectivity index (χ0) is 13.1. The van der Waals surface area contributed by atoms with E-state index in [1.807, 2.05) is 0 Å². The topological polar surface area (TPSA) is 94.0 Å². The maximum absolute atomic E-state index is 12.4. The monoisotopic (exact) mass is 252 g/mol. The molecule has 0 aliphatic heterocycles. The van der Waals surface area contributed by atoms with Gasteiger partial charge in [0.2, 0.25) is 12.3 Å². The Morgan fingerprint density at radius 1 is 1.59 bits per heavy atom. The van der Waals surface area contributed by atoms with Crippen LogP contribution >= 0.6 is 0 Å². The van der Waals surface area contributed by atoms with Gasteiger partial charge < -0.3 is 15.6 Å². The van der Waals surface area contributed by atoms with Crippen LogP contribution in [-0.2, 0) is 11.2 Å². The predicted molar refractivity (Wildman–Crippen MR) is 49.7 cm³/mol. The van der Waals surface area contributed by atoms with Gasteiger partial charge in [0.1, 0.15) is 0 Å². The highest BCUT2D eigenvalue weighted by Gasteiger charge is 2.53. The summed E-state index contributed by atoms with van der Waals surface area (Å²) in [6, 6.07) is 0. The van der Waals surface area contributed by atoms with Gasteiger partial charge in [-0.1, -0.05) is 5.16 Å². The summed E-state index contributed by atoms with van der Waals surface area (Å²) < 4.78 is 41.5. The van der Waals surface area contributed by atoms with Crippen LogP contribution in [0.25, 0.3) is 0 Å². The average Bonchev–Trinajstić information content (AvgIpc) is 2.68. The molecule has 0 aliphatic rings. The number of amides is 1. The van der Waals surface area contributed by atoms with E-state index >= 15 is 0 Å². The third-order valence-electron chi connectivity index (χ3n) is 2.10. The molecule has 1 unspecified atom stereocenters. The summed E-state index contributed by atoms with van der Waals surface area (Å²) in [5.41, 5.74) is 2.00. The molecular formula is C8H11F3N4O2. The van der Waals surface area contributed by atoms with Crippen LogP contribution in [0.1, 0.15) is 12.7 Å². The molecule has 0 bridgehead atoms. The minimum absolute atomic E-state index is 0.0543. The molecule has 17 heavy (non-hydrogen) atoms. The lowest BCUT2D eigenvalue weighted by atomic mass is 10.0. The normalized spacial score (nSPS) is 15.4. The van der Waals surface area contributed by atoms with Gasteiger partial charge in [0, 0.05) is 13.0 Å². The van der Waals surface area contributed by atoms with Crippen LogP contribution in [0.4, 0.5) is 13.2 Å². The summed E-state index contributed by atoms with van der Waals surface area (Å²) in [7, 11) is 0. The van der Waals surface area contributed by atoms with Crippen molar-refractivity contribution in [1.82, 2.24) is 15.5 Å². The number of nitrogens with one attached hydrogen (secondary N) is 1. The van der Waals surface area contributed by atoms with E-state index in [2.05, 4.69) is 20.0 Å². The lowest BCUT2D eigenvalue weighted by Crippen LogP contribution is -2.61. The number of carbonyl (C=O) groups is 1. The Labute approximate surface area is 94.4 Å². The van der Waals surface area contributed by atoms with Crippen molar-refractivity contribution in [2.45, 2.75) is 25.1 Å². The van der Waals surface area contributed by atoms with E-state index in [1.54, 1.807) is 0 Å². The maximum Gasteiger partial charge on any atom is 0.415 e. The van der Waals surface area contributed by atoms with E-state index in [9.17, 15) is 18.0 Å². The number of halogens is 3. The minimum Gasteiger partial charge on any atom is -0.354 e. The average molecular weight is 252 g/mol. The zero-order valence-electron chi connectivity index (χ0n) is 8.91. The van der Waals surface area contributed by atoms with E-state index in [0.717, 1.165) is 6.39 Å². The second-order valence-electron chi connectivity index (χ2n) is 3.55. The molecule has 0 aliphatic carbocycles. The molecule has 1 amide bonds. The Bertz CT molecular complexity index is 375. The molecule has 9 heteroatoms. The third-order valence-corrected chi connectivity index (χ3v) is 2.10. The third kappa shape index (κ3) is 3.16. The van der Waals surface area contributed by atoms with Crippen molar-refractivity contribution < 1.29 is 22.5 Å². The highest BCUT2D eigenvalue weighted by Crippen LogP contribution is 2.27. The quantitative estimate of drug-likeness (QED) is 0.787. The van der Waals surface area contributed by atoms with E-state index < -0.39 is 17.6 Å². The summed E-state index contributed by atoms with van der Waals surface area (Å²) in [4.78, 5) is 14.9. The number of rotatable bonds is 4. The van der Waals surface area contributed by atoms with Crippen molar-refractivity contribution in [2.24, 2.45) is 5.73 Å². The van der Waals surface area contributed by atoms with Gasteiger partial charge in [-0.2, -0.15) is 18.2 Å². The first kappa shape index (κ1) is 13.4. The van der Waals surface area contributed by atoms with Crippen molar-refractivity contribution in [1.29, 1.82) is 0 Å². The molecule has 6 nitrogen and oxygen atoms in total. The van der Waals surface area contributed by atoms with Crippen molar-refractivity contribution in [3.63, 3.8) is 0 Å². The highest BCUT2D eigenvalue weighted by molar-refractivity contribution is 5.86. The number of carbonyl (C=O) groups excluding carboxylic acids is 1. The van der Waals surface area contributed by atoms with Gasteiger partial charge in [0.25, 0.3) is 0 Å². The molecule has 1 aromatic rings. The number of alkyl halides is 3. The Morgan fingerprint density at radius 2 is 2.24 bits per heavy atom. The number of hydrogen-bond donors (Lipinski definition) is 2. The Morgan fingerprint density at radius 3 is 2.71 bits per heavy atom. The molecule has 1 heterocycles. The molecule has 0 saturated heterocycles. The molecular weight excluding hydrogens is 241 g/mol. The fraction of sp³-hybridized carbons (Fsp3) is 0.625. The molecule has 3 N–H and O–H groups in total. The summed E-state index contributed by atoms with van der Waals surface area (Å²) >= 11 is 0. The van der Waals surface area contributed by atoms with Gasteiger partial charge in [-0.3, -0.25) is 4.79 Å². The molecule has 0 radical (unpaired) electrons. The first-order valence-corrected chi connectivity index (χ1v) is 4.64. The summed E-state index contributed by atoms with van der Waals surface area (Å²) in [5.74, 6) is -1.01. The molecule has 1 rings (SSSR count). The van der Waals surface area contributed by atoms with Gasteiger partial charge in [-0.15, -0.1) is 0 Å². The van der Waals surface area contributed by atoms with Crippen LogP contribution in [0.5, 0.6) is 0 Å². The molecule has 0 saturated carbocycles. The maximum atomic E-state index is 12.4. The van der Waals surface area contributed by atoms with Crippen LogP contribution in [-0.4, -0.2) is 34.3 Å². The highest BCUT2D eigenvalue weighted by atomic mass is 19.4. The molecule has 1 atom stereocenters. The number of hydrogen-bond acceptors (Lipinski definition) is 5. The largest absolute Gasteiger partial charge is 0.415 e. The van der Waals surface area contributed by atoms with E-state index in [-0.39, 0.29) is 18.8 Å². The molecule has 0 aromatic carbocycles. The van der Waals surface area contributed by atoms with E-state index in [1.165, 1.54) is 0 Å². The van der Waals surface area contributed by atoms with Gasteiger partial charge in [0.05, 0.1) is 0 Å². The van der Waals surface area contributed by atoms with Crippen molar-refractivity contribution >= 4 is 5.91 Å². The molecule has 0 spiro atoms.